The lowest BCUT2D eigenvalue weighted by molar-refractivity contribution is -0.385. The molecule has 0 radical (unpaired) electrons. The molecule has 1 aliphatic rings. The average Bonchev–Trinajstić information content (AvgIpc) is 3.00. The number of carbonyl (C=O) groups is 2. The van der Waals surface area contributed by atoms with E-state index in [0.717, 1.165) is 6.42 Å². The first-order chi connectivity index (χ1) is 21.2. The largest absolute Gasteiger partial charge is 0.478 e. The van der Waals surface area contributed by atoms with Gasteiger partial charge in [-0.1, -0.05) is 86.6 Å². The summed E-state index contributed by atoms with van der Waals surface area (Å²) in [6.45, 7) is 7.93. The molecule has 0 atom stereocenters. The number of allylic oxidation sites excluding steroid dienone is 2. The third kappa shape index (κ3) is 6.57. The van der Waals surface area contributed by atoms with Crippen molar-refractivity contribution in [2.75, 3.05) is 27.2 Å². The maximum atomic E-state index is 13.2. The van der Waals surface area contributed by atoms with Crippen LogP contribution in [0.2, 0.25) is 0 Å². The molecular formula is C36H42ClN3O6. The minimum atomic E-state index is -1.73. The van der Waals surface area contributed by atoms with Gasteiger partial charge in [0.05, 0.1) is 21.5 Å². The molecule has 0 saturated heterocycles. The van der Waals surface area contributed by atoms with E-state index in [1.54, 1.807) is 31.9 Å². The zero-order chi connectivity index (χ0) is 33.1. The third-order valence-electron chi connectivity index (χ3n) is 9.28. The number of carboxylic acids is 2. The van der Waals surface area contributed by atoms with Crippen LogP contribution >= 0.6 is 12.4 Å². The number of halogens is 1. The number of rotatable bonds is 12. The Bertz CT molecular complexity index is 1570. The summed E-state index contributed by atoms with van der Waals surface area (Å²) in [6, 6.07) is 26.2. The molecule has 3 aromatic rings. The van der Waals surface area contributed by atoms with Gasteiger partial charge >= 0.3 is 11.9 Å². The minimum absolute atomic E-state index is 0. The molecule has 9 nitrogen and oxygen atoms in total. The number of benzene rings is 3. The lowest BCUT2D eigenvalue weighted by atomic mass is 9.52. The van der Waals surface area contributed by atoms with E-state index in [4.69, 9.17) is 0 Å². The summed E-state index contributed by atoms with van der Waals surface area (Å²) in [5, 5.41) is 33.4. The molecule has 1 heterocycles. The van der Waals surface area contributed by atoms with E-state index < -0.39 is 27.7 Å². The van der Waals surface area contributed by atoms with Crippen molar-refractivity contribution in [1.29, 1.82) is 0 Å². The number of non-ortho nitro benzene ring substituents is 1. The van der Waals surface area contributed by atoms with Gasteiger partial charge in [0.15, 0.2) is 0 Å². The normalized spacial score (nSPS) is 14.8. The van der Waals surface area contributed by atoms with Crippen molar-refractivity contribution in [2.45, 2.75) is 45.4 Å². The first kappa shape index (κ1) is 36.0. The topological polar surface area (TPSA) is 124 Å². The van der Waals surface area contributed by atoms with Crippen LogP contribution in [0.1, 0.15) is 56.7 Å². The monoisotopic (exact) mass is 647 g/mol. The van der Waals surface area contributed by atoms with Crippen LogP contribution in [0.5, 0.6) is 0 Å². The van der Waals surface area contributed by atoms with Gasteiger partial charge in [0.2, 0.25) is 0 Å². The predicted octanol–water partition coefficient (Wildman–Crippen LogP) is 7.10. The van der Waals surface area contributed by atoms with Crippen LogP contribution < -0.4 is 0 Å². The fraction of sp³-hybridized carbons (Fsp3) is 0.333. The summed E-state index contributed by atoms with van der Waals surface area (Å²) in [5.41, 5.74) is 0.0894. The SMILES string of the molecule is CC1=C(C(=O)O)C(c2cccc([N+](=O)[O-])c2)(C(C)(C)CN(C)CCC(c2ccccc2)c2ccccc2)C(C(=O)O)=C(C)N1C.Cl. The van der Waals surface area contributed by atoms with Gasteiger partial charge in [-0.2, -0.15) is 0 Å². The fourth-order valence-electron chi connectivity index (χ4n) is 7.21. The van der Waals surface area contributed by atoms with Crippen molar-refractivity contribution in [3.63, 3.8) is 0 Å². The Morgan fingerprint density at radius 1 is 0.891 bits per heavy atom. The summed E-state index contributed by atoms with van der Waals surface area (Å²) in [7, 11) is 3.58. The molecule has 2 N–H and O–H groups in total. The van der Waals surface area contributed by atoms with Gasteiger partial charge in [-0.3, -0.25) is 10.1 Å². The van der Waals surface area contributed by atoms with E-state index in [9.17, 15) is 29.9 Å². The van der Waals surface area contributed by atoms with E-state index in [1.807, 2.05) is 57.3 Å². The number of carboxylic acid groups (broad SMARTS) is 2. The van der Waals surface area contributed by atoms with Gasteiger partial charge in [-0.15, -0.1) is 12.4 Å². The van der Waals surface area contributed by atoms with Crippen molar-refractivity contribution < 1.29 is 24.7 Å². The summed E-state index contributed by atoms with van der Waals surface area (Å²) >= 11 is 0. The molecule has 0 unspecified atom stereocenters. The standard InChI is InChI=1S/C36H41N3O6.ClH/c1-24-31(33(40)41)36(32(34(42)43)25(2)38(24)6,28-18-13-19-29(22-28)39(44)45)35(3,4)23-37(5)21-20-30(26-14-9-7-10-15-26)27-16-11-8-12-17-27;/h7-19,22,30H,20-21,23H2,1-6H3,(H,40,41)(H,42,43);1H. The first-order valence-electron chi connectivity index (χ1n) is 14.9. The molecule has 4 rings (SSSR count). The first-order valence-corrected chi connectivity index (χ1v) is 14.9. The number of aliphatic carboxylic acids is 2. The molecule has 1 aliphatic heterocycles. The minimum Gasteiger partial charge on any atom is -0.478 e. The highest BCUT2D eigenvalue weighted by Gasteiger charge is 2.60. The maximum absolute atomic E-state index is 13.2. The van der Waals surface area contributed by atoms with Crippen LogP contribution in [-0.2, 0) is 15.0 Å². The van der Waals surface area contributed by atoms with Crippen LogP contribution in [0, 0.1) is 15.5 Å². The second-order valence-electron chi connectivity index (χ2n) is 12.4. The van der Waals surface area contributed by atoms with Crippen molar-refractivity contribution in [3.8, 4) is 0 Å². The molecule has 0 saturated carbocycles. The average molecular weight is 648 g/mol. The third-order valence-corrected chi connectivity index (χ3v) is 9.28. The van der Waals surface area contributed by atoms with Crippen molar-refractivity contribution in [2.24, 2.45) is 5.41 Å². The van der Waals surface area contributed by atoms with Gasteiger partial charge < -0.3 is 20.0 Å². The van der Waals surface area contributed by atoms with Crippen LogP contribution in [0.15, 0.2) is 107 Å². The van der Waals surface area contributed by atoms with Crippen molar-refractivity contribution in [1.82, 2.24) is 9.80 Å². The molecule has 0 aromatic heterocycles. The molecule has 3 aromatic carbocycles. The van der Waals surface area contributed by atoms with Crippen LogP contribution in [0.4, 0.5) is 5.69 Å². The molecule has 0 spiro atoms. The Morgan fingerprint density at radius 2 is 1.37 bits per heavy atom. The molecule has 0 amide bonds. The summed E-state index contributed by atoms with van der Waals surface area (Å²) in [5.74, 6) is -2.44. The van der Waals surface area contributed by atoms with E-state index in [1.165, 1.54) is 29.3 Å². The number of nitrogens with zero attached hydrogens (tertiary/aromatic N) is 3. The Morgan fingerprint density at radius 3 is 1.80 bits per heavy atom. The molecule has 46 heavy (non-hydrogen) atoms. The zero-order valence-electron chi connectivity index (χ0n) is 27.1. The quantitative estimate of drug-likeness (QED) is 0.158. The van der Waals surface area contributed by atoms with Gasteiger partial charge in [0, 0.05) is 43.0 Å². The Labute approximate surface area is 276 Å². The lowest BCUT2D eigenvalue weighted by Gasteiger charge is -2.53. The van der Waals surface area contributed by atoms with E-state index in [0.29, 0.717) is 24.5 Å². The highest BCUT2D eigenvalue weighted by molar-refractivity contribution is 6.01. The van der Waals surface area contributed by atoms with Crippen molar-refractivity contribution in [3.05, 3.63) is 134 Å². The summed E-state index contributed by atoms with van der Waals surface area (Å²) in [6.07, 6.45) is 0.758. The molecule has 10 heteroatoms. The van der Waals surface area contributed by atoms with E-state index >= 15 is 0 Å². The molecule has 0 aliphatic carbocycles. The second-order valence-corrected chi connectivity index (χ2v) is 12.4. The Kier molecular flexibility index (Phi) is 11.2. The van der Waals surface area contributed by atoms with Crippen LogP contribution in [0.25, 0.3) is 0 Å². The fourth-order valence-corrected chi connectivity index (χ4v) is 7.21. The summed E-state index contributed by atoms with van der Waals surface area (Å²) < 4.78 is 0. The van der Waals surface area contributed by atoms with Gasteiger partial charge in [-0.05, 0) is 56.0 Å². The molecule has 244 valence electrons. The lowest BCUT2D eigenvalue weighted by Crippen LogP contribution is -2.56. The molecule has 0 bridgehead atoms. The zero-order valence-corrected chi connectivity index (χ0v) is 27.9. The van der Waals surface area contributed by atoms with Gasteiger partial charge in [0.1, 0.15) is 0 Å². The Hall–Kier alpha value is -4.47. The van der Waals surface area contributed by atoms with Gasteiger partial charge in [0.25, 0.3) is 5.69 Å². The van der Waals surface area contributed by atoms with Crippen LogP contribution in [0.3, 0.4) is 0 Å². The highest BCUT2D eigenvalue weighted by atomic mass is 35.5. The van der Waals surface area contributed by atoms with E-state index in [-0.39, 0.29) is 40.7 Å². The van der Waals surface area contributed by atoms with Crippen molar-refractivity contribution >= 4 is 30.0 Å². The second kappa shape index (κ2) is 14.3. The number of hydrogen-bond acceptors (Lipinski definition) is 6. The highest BCUT2D eigenvalue weighted by Crippen LogP contribution is 2.57. The summed E-state index contributed by atoms with van der Waals surface area (Å²) in [4.78, 5) is 41.4. The molecule has 0 fully saturated rings. The van der Waals surface area contributed by atoms with Crippen LogP contribution in [-0.4, -0.2) is 64.1 Å². The number of hydrogen-bond donors (Lipinski definition) is 2. The number of nitro benzene ring substituents is 1. The van der Waals surface area contributed by atoms with Gasteiger partial charge in [-0.25, -0.2) is 9.59 Å². The van der Waals surface area contributed by atoms with E-state index in [2.05, 4.69) is 29.2 Å². The Balaban J connectivity index is 0.00000576. The number of nitro groups is 1. The smallest absolute Gasteiger partial charge is 0.334 e. The molecular weight excluding hydrogens is 606 g/mol. The predicted molar refractivity (Wildman–Crippen MR) is 181 cm³/mol. The maximum Gasteiger partial charge on any atom is 0.334 e.